The van der Waals surface area contributed by atoms with Crippen molar-refractivity contribution in [1.29, 1.82) is 0 Å². The van der Waals surface area contributed by atoms with E-state index in [-0.39, 0.29) is 23.3 Å². The van der Waals surface area contributed by atoms with Gasteiger partial charge in [-0.1, -0.05) is 90.1 Å². The lowest BCUT2D eigenvalue weighted by Crippen LogP contribution is -2.48. The summed E-state index contributed by atoms with van der Waals surface area (Å²) in [5, 5.41) is 14.5. The highest BCUT2D eigenvalue weighted by atomic mass is 16.3. The van der Waals surface area contributed by atoms with Crippen LogP contribution in [-0.4, -0.2) is 66.2 Å². The third-order valence-electron chi connectivity index (χ3n) is 7.99. The molecule has 0 bridgehead atoms. The Morgan fingerprint density at radius 1 is 0.923 bits per heavy atom. The molecule has 0 radical (unpaired) electrons. The molecule has 3 aliphatic heterocycles. The highest BCUT2D eigenvalue weighted by molar-refractivity contribution is 5.91. The number of benzene rings is 2. The SMILES string of the molecule is CC.CC.CC.O=C(/C=C/c1ccccc1)N1CCC(C(O)CN2CCC3(CC2)CNc2ccccc23)CC1. The number of amides is 1. The molecule has 5 rings (SSSR count). The number of aliphatic hydroxyl groups is 1. The van der Waals surface area contributed by atoms with E-state index < -0.39 is 0 Å². The standard InChI is InChI=1S/C28H35N3O2.3C2H6/c32-26(20-30-18-14-28(15-19-30)21-29-25-9-5-4-8-24(25)28)23-12-16-31(17-13-23)27(33)11-10-22-6-2-1-3-7-22;3*1-2/h1-11,23,26,29,32H,12-21H2;3*1-2H3/b11-10+;;;. The highest BCUT2D eigenvalue weighted by Gasteiger charge is 2.41. The van der Waals surface area contributed by atoms with Crippen LogP contribution in [0.1, 0.15) is 78.4 Å². The summed E-state index contributed by atoms with van der Waals surface area (Å²) in [5.41, 5.74) is 4.07. The molecule has 2 saturated heterocycles. The molecule has 2 aromatic carbocycles. The number of piperidine rings is 2. The zero-order chi connectivity index (χ0) is 28.7. The van der Waals surface area contributed by atoms with Crippen LogP contribution in [0.3, 0.4) is 0 Å². The molecule has 2 aromatic rings. The molecule has 2 fully saturated rings. The van der Waals surface area contributed by atoms with E-state index in [2.05, 4.69) is 34.5 Å². The molecule has 1 spiro atoms. The fourth-order valence-corrected chi connectivity index (χ4v) is 5.82. The van der Waals surface area contributed by atoms with Gasteiger partial charge in [-0.15, -0.1) is 0 Å². The monoisotopic (exact) mass is 535 g/mol. The molecule has 0 aliphatic carbocycles. The van der Waals surface area contributed by atoms with E-state index in [1.165, 1.54) is 11.3 Å². The fraction of sp³-hybridized carbons (Fsp3) is 0.559. The van der Waals surface area contributed by atoms with Crippen molar-refractivity contribution in [3.05, 3.63) is 71.8 Å². The molecule has 5 nitrogen and oxygen atoms in total. The van der Waals surface area contributed by atoms with Crippen molar-refractivity contribution in [2.24, 2.45) is 5.92 Å². The largest absolute Gasteiger partial charge is 0.392 e. The maximum absolute atomic E-state index is 12.5. The van der Waals surface area contributed by atoms with Crippen molar-refractivity contribution in [2.45, 2.75) is 78.7 Å². The van der Waals surface area contributed by atoms with Crippen LogP contribution < -0.4 is 5.32 Å². The maximum atomic E-state index is 12.5. The van der Waals surface area contributed by atoms with Crippen molar-refractivity contribution < 1.29 is 9.90 Å². The molecule has 0 saturated carbocycles. The fourth-order valence-electron chi connectivity index (χ4n) is 5.82. The Kier molecular flexibility index (Phi) is 14.3. The number of para-hydroxylation sites is 1. The van der Waals surface area contributed by atoms with E-state index in [9.17, 15) is 9.90 Å². The average Bonchev–Trinajstić information content (AvgIpc) is 3.38. The molecule has 3 aliphatic rings. The highest BCUT2D eigenvalue weighted by Crippen LogP contribution is 2.43. The second kappa shape index (κ2) is 17.1. The van der Waals surface area contributed by atoms with E-state index in [4.69, 9.17) is 0 Å². The second-order valence-corrected chi connectivity index (χ2v) is 9.95. The van der Waals surface area contributed by atoms with Gasteiger partial charge < -0.3 is 20.2 Å². The molecule has 1 atom stereocenters. The Morgan fingerprint density at radius 3 is 2.15 bits per heavy atom. The number of fused-ring (bicyclic) bond motifs is 2. The van der Waals surface area contributed by atoms with Gasteiger partial charge in [-0.3, -0.25) is 4.79 Å². The number of hydrogen-bond acceptors (Lipinski definition) is 4. The number of hydrogen-bond donors (Lipinski definition) is 2. The van der Waals surface area contributed by atoms with Gasteiger partial charge >= 0.3 is 0 Å². The van der Waals surface area contributed by atoms with Gasteiger partial charge in [-0.05, 0) is 68.0 Å². The van der Waals surface area contributed by atoms with Crippen molar-refractivity contribution in [2.75, 3.05) is 44.6 Å². The number of carbonyl (C=O) groups is 1. The molecule has 3 heterocycles. The second-order valence-electron chi connectivity index (χ2n) is 9.95. The lowest BCUT2D eigenvalue weighted by Gasteiger charge is -2.41. The van der Waals surface area contributed by atoms with E-state index >= 15 is 0 Å². The summed E-state index contributed by atoms with van der Waals surface area (Å²) in [5.74, 6) is 0.343. The van der Waals surface area contributed by atoms with Gasteiger partial charge in [-0.2, -0.15) is 0 Å². The maximum Gasteiger partial charge on any atom is 0.246 e. The quantitative estimate of drug-likeness (QED) is 0.412. The van der Waals surface area contributed by atoms with Crippen molar-refractivity contribution in [3.63, 3.8) is 0 Å². The summed E-state index contributed by atoms with van der Waals surface area (Å²) in [7, 11) is 0. The van der Waals surface area contributed by atoms with Gasteiger partial charge in [0.05, 0.1) is 6.10 Å². The minimum absolute atomic E-state index is 0.0681. The molecule has 216 valence electrons. The molecular formula is C34H53N3O2. The zero-order valence-corrected chi connectivity index (χ0v) is 25.3. The summed E-state index contributed by atoms with van der Waals surface area (Å²) >= 11 is 0. The predicted molar refractivity (Wildman–Crippen MR) is 167 cm³/mol. The Labute approximate surface area is 238 Å². The van der Waals surface area contributed by atoms with Crippen molar-refractivity contribution >= 4 is 17.7 Å². The van der Waals surface area contributed by atoms with Crippen molar-refractivity contribution in [1.82, 2.24) is 9.80 Å². The van der Waals surface area contributed by atoms with Gasteiger partial charge in [0.1, 0.15) is 0 Å². The molecule has 1 unspecified atom stereocenters. The smallest absolute Gasteiger partial charge is 0.246 e. The number of carbonyl (C=O) groups excluding carboxylic acids is 1. The minimum Gasteiger partial charge on any atom is -0.392 e. The first-order chi connectivity index (χ1) is 19.1. The minimum atomic E-state index is -0.315. The van der Waals surface area contributed by atoms with Gasteiger partial charge in [0, 0.05) is 43.4 Å². The van der Waals surface area contributed by atoms with E-state index in [0.29, 0.717) is 0 Å². The Hall–Kier alpha value is -2.63. The van der Waals surface area contributed by atoms with Gasteiger partial charge in [0.25, 0.3) is 0 Å². The van der Waals surface area contributed by atoms with Crippen LogP contribution in [0.4, 0.5) is 5.69 Å². The normalized spacial score (nSPS) is 18.9. The van der Waals surface area contributed by atoms with Crippen LogP contribution in [0.15, 0.2) is 60.7 Å². The number of aliphatic hydroxyl groups excluding tert-OH is 1. The van der Waals surface area contributed by atoms with Crippen molar-refractivity contribution in [3.8, 4) is 0 Å². The molecule has 1 amide bonds. The van der Waals surface area contributed by atoms with Gasteiger partial charge in [0.2, 0.25) is 5.91 Å². The summed E-state index contributed by atoms with van der Waals surface area (Å²) in [6, 6.07) is 18.6. The number of likely N-dealkylation sites (tertiary alicyclic amines) is 2. The third kappa shape index (κ3) is 8.68. The van der Waals surface area contributed by atoms with Gasteiger partial charge in [0.15, 0.2) is 0 Å². The molecule has 5 heteroatoms. The van der Waals surface area contributed by atoms with E-state index in [1.54, 1.807) is 6.08 Å². The lowest BCUT2D eigenvalue weighted by atomic mass is 9.74. The van der Waals surface area contributed by atoms with Crippen LogP contribution in [0, 0.1) is 5.92 Å². The summed E-state index contributed by atoms with van der Waals surface area (Å²) in [4.78, 5) is 16.9. The van der Waals surface area contributed by atoms with E-state index in [1.807, 2.05) is 82.9 Å². The molecule has 0 aromatic heterocycles. The first kappa shape index (κ1) is 32.6. The Balaban J connectivity index is 0.000000833. The number of nitrogens with zero attached hydrogens (tertiary/aromatic N) is 2. The summed E-state index contributed by atoms with van der Waals surface area (Å²) in [6.07, 6.45) is 7.28. The van der Waals surface area contributed by atoms with Crippen LogP contribution >= 0.6 is 0 Å². The Morgan fingerprint density at radius 2 is 1.51 bits per heavy atom. The number of rotatable bonds is 5. The Bertz CT molecular complexity index is 975. The molecule has 2 N–H and O–H groups in total. The summed E-state index contributed by atoms with van der Waals surface area (Å²) in [6.45, 7) is 17.3. The number of anilines is 1. The number of β-amino-alcohol motifs (C(OH)–C–C–N with tert-alkyl or cyclic N) is 1. The van der Waals surface area contributed by atoms with Gasteiger partial charge in [-0.25, -0.2) is 0 Å². The lowest BCUT2D eigenvalue weighted by molar-refractivity contribution is -0.128. The summed E-state index contributed by atoms with van der Waals surface area (Å²) < 4.78 is 0. The number of nitrogens with one attached hydrogen (secondary N) is 1. The predicted octanol–water partition coefficient (Wildman–Crippen LogP) is 6.84. The first-order valence-electron chi connectivity index (χ1n) is 15.4. The van der Waals surface area contributed by atoms with Crippen LogP contribution in [0.5, 0.6) is 0 Å². The van der Waals surface area contributed by atoms with Crippen LogP contribution in [0.25, 0.3) is 6.08 Å². The topological polar surface area (TPSA) is 55.8 Å². The van der Waals surface area contributed by atoms with Crippen LogP contribution in [-0.2, 0) is 10.2 Å². The average molecular weight is 536 g/mol. The van der Waals surface area contributed by atoms with E-state index in [0.717, 1.165) is 70.5 Å². The van der Waals surface area contributed by atoms with Crippen LogP contribution in [0.2, 0.25) is 0 Å². The zero-order valence-electron chi connectivity index (χ0n) is 25.3. The molecule has 39 heavy (non-hydrogen) atoms. The molecular weight excluding hydrogens is 482 g/mol. The third-order valence-corrected chi connectivity index (χ3v) is 7.99. The first-order valence-corrected chi connectivity index (χ1v) is 15.4.